The van der Waals surface area contributed by atoms with Crippen molar-refractivity contribution in [2.45, 2.75) is 346 Å². The molecule has 1 aliphatic heterocycles. The van der Waals surface area contributed by atoms with Gasteiger partial charge in [-0.1, -0.05) is 270 Å². The Morgan fingerprint density at radius 2 is 0.889 bits per heavy atom. The molecular formula is C59H115NO11S. The molecule has 7 atom stereocenters. The zero-order chi connectivity index (χ0) is 52.6. The summed E-state index contributed by atoms with van der Waals surface area (Å²) in [5.41, 5.74) is 0. The summed E-state index contributed by atoms with van der Waals surface area (Å²) in [5.74, 6) is -0.227. The Labute approximate surface area is 442 Å². The molecule has 0 saturated carbocycles. The third-order valence-corrected chi connectivity index (χ3v) is 15.3. The first-order chi connectivity index (χ1) is 35.0. The van der Waals surface area contributed by atoms with Crippen LogP contribution in [0.3, 0.4) is 0 Å². The van der Waals surface area contributed by atoms with Gasteiger partial charge in [0.2, 0.25) is 5.91 Å². The highest BCUT2D eigenvalue weighted by Gasteiger charge is 2.48. The van der Waals surface area contributed by atoms with Crippen molar-refractivity contribution in [3.63, 3.8) is 0 Å². The van der Waals surface area contributed by atoms with Gasteiger partial charge in [-0.2, -0.15) is 8.42 Å². The third-order valence-electron chi connectivity index (χ3n) is 14.8. The summed E-state index contributed by atoms with van der Waals surface area (Å²) in [4.78, 5) is 13.2. The van der Waals surface area contributed by atoms with E-state index in [1.54, 1.807) is 0 Å². The molecule has 428 valence electrons. The highest BCUT2D eigenvalue weighted by molar-refractivity contribution is 7.80. The van der Waals surface area contributed by atoms with Crippen molar-refractivity contribution in [1.82, 2.24) is 5.32 Å². The molecule has 6 N–H and O–H groups in total. The summed E-state index contributed by atoms with van der Waals surface area (Å²) < 4.78 is 48.0. The number of aliphatic hydroxyl groups excluding tert-OH is 4. The number of hydrogen-bond donors (Lipinski definition) is 6. The maximum atomic E-state index is 13.2. The number of unbranched alkanes of at least 4 members (excludes halogenated alkanes) is 40. The maximum absolute atomic E-state index is 13.2. The summed E-state index contributed by atoms with van der Waals surface area (Å²) in [6, 6.07) is -0.858. The second kappa shape index (κ2) is 49.4. The van der Waals surface area contributed by atoms with E-state index in [1.165, 1.54) is 218 Å². The predicted molar refractivity (Wildman–Crippen MR) is 296 cm³/mol. The summed E-state index contributed by atoms with van der Waals surface area (Å²) in [7, 11) is -5.08. The van der Waals surface area contributed by atoms with Crippen LogP contribution in [0.4, 0.5) is 0 Å². The Kier molecular flexibility index (Phi) is 47.3. The Bertz CT molecular complexity index is 1320. The van der Waals surface area contributed by atoms with E-state index < -0.39 is 59.9 Å². The minimum absolute atomic E-state index is 0.227. The van der Waals surface area contributed by atoms with Gasteiger partial charge in [0.1, 0.15) is 24.4 Å². The fourth-order valence-corrected chi connectivity index (χ4v) is 10.6. The Morgan fingerprint density at radius 1 is 0.542 bits per heavy atom. The molecule has 1 heterocycles. The minimum atomic E-state index is -5.08. The number of allylic oxidation sites excluding steroid dienone is 2. The van der Waals surface area contributed by atoms with E-state index in [2.05, 4.69) is 35.5 Å². The van der Waals surface area contributed by atoms with E-state index in [0.29, 0.717) is 19.3 Å². The van der Waals surface area contributed by atoms with E-state index in [4.69, 9.17) is 9.47 Å². The summed E-state index contributed by atoms with van der Waals surface area (Å²) in [6.07, 6.45) is 50.7. The van der Waals surface area contributed by atoms with Gasteiger partial charge in [0.15, 0.2) is 6.29 Å². The monoisotopic (exact) mass is 1050 g/mol. The molecule has 1 amide bonds. The first-order valence-electron chi connectivity index (χ1n) is 30.6. The van der Waals surface area contributed by atoms with Gasteiger partial charge in [0, 0.05) is 6.42 Å². The van der Waals surface area contributed by atoms with Gasteiger partial charge in [-0.3, -0.25) is 9.35 Å². The Balaban J connectivity index is 2.32. The van der Waals surface area contributed by atoms with Crippen LogP contribution in [0.2, 0.25) is 0 Å². The highest BCUT2D eigenvalue weighted by atomic mass is 32.3. The molecule has 1 fully saturated rings. The molecule has 7 unspecified atom stereocenters. The normalized spacial score (nSPS) is 19.3. The lowest BCUT2D eigenvalue weighted by atomic mass is 9.99. The molecule has 0 aromatic rings. The van der Waals surface area contributed by atoms with Crippen LogP contribution in [0.25, 0.3) is 0 Å². The summed E-state index contributed by atoms with van der Waals surface area (Å²) in [6.45, 7) is 3.50. The molecule has 1 saturated heterocycles. The van der Waals surface area contributed by atoms with Crippen LogP contribution in [0, 0.1) is 0 Å². The van der Waals surface area contributed by atoms with Gasteiger partial charge in [-0.15, -0.1) is 0 Å². The molecule has 0 aromatic heterocycles. The average molecular weight is 1050 g/mol. The summed E-state index contributed by atoms with van der Waals surface area (Å²) in [5, 5.41) is 45.2. The van der Waals surface area contributed by atoms with Gasteiger partial charge < -0.3 is 35.2 Å². The van der Waals surface area contributed by atoms with Crippen molar-refractivity contribution in [3.8, 4) is 0 Å². The topological polar surface area (TPSA) is 192 Å². The summed E-state index contributed by atoms with van der Waals surface area (Å²) >= 11 is 0. The zero-order valence-corrected chi connectivity index (χ0v) is 47.3. The van der Waals surface area contributed by atoms with Gasteiger partial charge >= 0.3 is 10.4 Å². The average Bonchev–Trinajstić information content (AvgIpc) is 3.36. The molecular weight excluding hydrogens is 931 g/mol. The number of nitrogens with one attached hydrogen (secondary N) is 1. The number of carbonyl (C=O) groups excluding carboxylic acids is 1. The van der Waals surface area contributed by atoms with Crippen molar-refractivity contribution >= 4 is 16.3 Å². The van der Waals surface area contributed by atoms with Crippen molar-refractivity contribution in [2.24, 2.45) is 0 Å². The van der Waals surface area contributed by atoms with E-state index >= 15 is 0 Å². The van der Waals surface area contributed by atoms with Gasteiger partial charge in [0.25, 0.3) is 0 Å². The van der Waals surface area contributed by atoms with Crippen molar-refractivity contribution in [1.29, 1.82) is 0 Å². The van der Waals surface area contributed by atoms with Crippen LogP contribution in [0.1, 0.15) is 303 Å². The van der Waals surface area contributed by atoms with E-state index in [-0.39, 0.29) is 12.5 Å². The number of rotatable bonds is 54. The molecule has 1 rings (SSSR count). The minimum Gasteiger partial charge on any atom is -0.394 e. The lowest BCUT2D eigenvalue weighted by Crippen LogP contribution is -2.61. The van der Waals surface area contributed by atoms with Crippen LogP contribution >= 0.6 is 0 Å². The third kappa shape index (κ3) is 41.1. The van der Waals surface area contributed by atoms with Crippen LogP contribution < -0.4 is 5.32 Å². The number of amides is 1. The highest BCUT2D eigenvalue weighted by Crippen LogP contribution is 2.26. The van der Waals surface area contributed by atoms with E-state index in [1.807, 2.05) is 0 Å². The van der Waals surface area contributed by atoms with Crippen molar-refractivity contribution in [2.75, 3.05) is 13.2 Å². The van der Waals surface area contributed by atoms with E-state index in [9.17, 15) is 38.2 Å². The number of aliphatic hydroxyl groups is 4. The predicted octanol–water partition coefficient (Wildman–Crippen LogP) is 14.6. The molecule has 1 aliphatic rings. The molecule has 0 radical (unpaired) electrons. The first-order valence-corrected chi connectivity index (χ1v) is 31.9. The second-order valence-electron chi connectivity index (χ2n) is 21.6. The lowest BCUT2D eigenvalue weighted by molar-refractivity contribution is -0.298. The maximum Gasteiger partial charge on any atom is 0.397 e. The largest absolute Gasteiger partial charge is 0.397 e. The number of hydrogen-bond acceptors (Lipinski definition) is 10. The molecule has 0 bridgehead atoms. The molecule has 0 aliphatic carbocycles. The second-order valence-corrected chi connectivity index (χ2v) is 22.7. The first kappa shape index (κ1) is 68.9. The van der Waals surface area contributed by atoms with Crippen LogP contribution in [0.15, 0.2) is 12.2 Å². The number of carbonyl (C=O) groups is 1. The Hall–Kier alpha value is -1.16. The Morgan fingerprint density at radius 3 is 1.25 bits per heavy atom. The lowest BCUT2D eigenvalue weighted by Gasteiger charge is -2.41. The van der Waals surface area contributed by atoms with Crippen LogP contribution in [-0.2, 0) is 28.9 Å². The zero-order valence-electron chi connectivity index (χ0n) is 46.5. The van der Waals surface area contributed by atoms with Crippen LogP contribution in [0.5, 0.6) is 0 Å². The van der Waals surface area contributed by atoms with Gasteiger partial charge in [0.05, 0.1) is 25.4 Å². The quantitative estimate of drug-likeness (QED) is 0.0193. The van der Waals surface area contributed by atoms with E-state index in [0.717, 1.165) is 51.4 Å². The molecule has 13 heteroatoms. The molecule has 12 nitrogen and oxygen atoms in total. The molecule has 0 aromatic carbocycles. The van der Waals surface area contributed by atoms with Gasteiger partial charge in [-0.25, -0.2) is 4.18 Å². The fraction of sp³-hybridized carbons (Fsp3) is 0.949. The fourth-order valence-electron chi connectivity index (χ4n) is 10.1. The molecule has 0 spiro atoms. The van der Waals surface area contributed by atoms with Crippen molar-refractivity contribution in [3.05, 3.63) is 12.2 Å². The van der Waals surface area contributed by atoms with Crippen LogP contribution in [-0.4, -0.2) is 95.4 Å². The van der Waals surface area contributed by atoms with Crippen molar-refractivity contribution < 1.29 is 51.8 Å². The number of ether oxygens (including phenoxy) is 2. The van der Waals surface area contributed by atoms with Gasteiger partial charge in [-0.05, 0) is 38.5 Å². The molecule has 72 heavy (non-hydrogen) atoms. The SMILES string of the molecule is CCCCCCCCCCCCCC/C=C\CCCCCCCCCCC(=O)NC(COC1OC(CO)C(O)C(OS(=O)(=O)O)C1O)C(O)CCCCCCCCCCCCCCCCCCCCCCC. The standard InChI is InChI=1S/C59H115NO11S/c1-3-5-7-9-11-13-15-17-19-21-23-25-26-27-29-31-33-35-37-39-41-43-45-47-49-55(63)60-52(51-69-59-57(65)58(71-72(66,67)68)56(64)54(50-61)70-59)53(62)48-46-44-42-40-38-36-34-32-30-28-24-22-20-18-16-14-12-10-8-6-4-2/h27,29,52-54,56-59,61-62,64-65H,3-26,28,30-51H2,1-2H3,(H,60,63)(H,66,67,68)/b29-27-. The smallest absolute Gasteiger partial charge is 0.394 e.